The summed E-state index contributed by atoms with van der Waals surface area (Å²) in [4.78, 5) is 12.0. The first-order valence-corrected chi connectivity index (χ1v) is 8.15. The molecule has 0 heterocycles. The van der Waals surface area contributed by atoms with Gasteiger partial charge in [-0.3, -0.25) is 0 Å². The molecule has 6 heteroatoms. The molecule has 0 spiro atoms. The number of ether oxygens (including phenoxy) is 1. The average molecular weight is 297 g/mol. The molecule has 0 aromatic heterocycles. The summed E-state index contributed by atoms with van der Waals surface area (Å²) in [6.45, 7) is 3.77. The number of aryl methyl sites for hydroxylation is 2. The summed E-state index contributed by atoms with van der Waals surface area (Å²) in [5, 5.41) is 5.14. The first kappa shape index (κ1) is 15.0. The van der Waals surface area contributed by atoms with Crippen molar-refractivity contribution in [3.05, 3.63) is 28.8 Å². The van der Waals surface area contributed by atoms with E-state index in [9.17, 15) is 13.2 Å². The lowest BCUT2D eigenvalue weighted by molar-refractivity contribution is 0.0494. The summed E-state index contributed by atoms with van der Waals surface area (Å²) >= 11 is 0. The maximum Gasteiger partial charge on any atom is 0.338 e. The molecule has 0 bridgehead atoms. The van der Waals surface area contributed by atoms with Gasteiger partial charge < -0.3 is 4.74 Å². The van der Waals surface area contributed by atoms with Gasteiger partial charge in [0, 0.05) is 0 Å². The standard InChI is InChI=1S/C14H19NO4S/c1-9-7-10(2)13(20(15,17)18)8-12(9)14(16)19-6-5-11-3-4-11/h7-8,11H,3-6H2,1-2H3,(H2,15,17,18). The normalized spacial score (nSPS) is 15.2. The van der Waals surface area contributed by atoms with Crippen LogP contribution in [0.2, 0.25) is 0 Å². The molecule has 0 amide bonds. The maximum atomic E-state index is 12.0. The zero-order valence-corrected chi connectivity index (χ0v) is 12.5. The van der Waals surface area contributed by atoms with Crippen LogP contribution in [0, 0.1) is 19.8 Å². The molecule has 0 saturated heterocycles. The van der Waals surface area contributed by atoms with Crippen LogP contribution < -0.4 is 5.14 Å². The number of carbonyl (C=O) groups is 1. The second-order valence-electron chi connectivity index (χ2n) is 5.35. The predicted octanol–water partition coefficient (Wildman–Crippen LogP) is 1.91. The molecule has 1 aromatic rings. The highest BCUT2D eigenvalue weighted by Crippen LogP contribution is 2.32. The van der Waals surface area contributed by atoms with Crippen molar-refractivity contribution in [1.29, 1.82) is 0 Å². The Labute approximate surface area is 119 Å². The van der Waals surface area contributed by atoms with E-state index in [0.29, 0.717) is 23.7 Å². The van der Waals surface area contributed by atoms with Gasteiger partial charge in [0.2, 0.25) is 10.0 Å². The van der Waals surface area contributed by atoms with Gasteiger partial charge in [0.1, 0.15) is 0 Å². The molecule has 2 N–H and O–H groups in total. The second-order valence-corrected chi connectivity index (χ2v) is 6.88. The first-order valence-electron chi connectivity index (χ1n) is 6.60. The van der Waals surface area contributed by atoms with Crippen LogP contribution in [0.15, 0.2) is 17.0 Å². The van der Waals surface area contributed by atoms with Crippen LogP contribution in [-0.4, -0.2) is 21.0 Å². The Morgan fingerprint density at radius 1 is 1.30 bits per heavy atom. The van der Waals surface area contributed by atoms with Gasteiger partial charge in [-0.05, 0) is 43.4 Å². The van der Waals surface area contributed by atoms with Crippen molar-refractivity contribution >= 4 is 16.0 Å². The van der Waals surface area contributed by atoms with E-state index < -0.39 is 16.0 Å². The minimum absolute atomic E-state index is 0.0303. The van der Waals surface area contributed by atoms with Gasteiger partial charge >= 0.3 is 5.97 Å². The molecule has 20 heavy (non-hydrogen) atoms. The smallest absolute Gasteiger partial charge is 0.338 e. The summed E-state index contributed by atoms with van der Waals surface area (Å²) in [5.41, 5.74) is 1.47. The van der Waals surface area contributed by atoms with Crippen LogP contribution >= 0.6 is 0 Å². The van der Waals surface area contributed by atoms with Crippen molar-refractivity contribution in [2.75, 3.05) is 6.61 Å². The van der Waals surface area contributed by atoms with Crippen LogP contribution in [0.3, 0.4) is 0 Å². The van der Waals surface area contributed by atoms with Crippen molar-refractivity contribution in [1.82, 2.24) is 0 Å². The van der Waals surface area contributed by atoms with Gasteiger partial charge in [-0.15, -0.1) is 0 Å². The highest BCUT2D eigenvalue weighted by Gasteiger charge is 2.22. The Hall–Kier alpha value is -1.40. The minimum atomic E-state index is -3.84. The largest absolute Gasteiger partial charge is 0.462 e. The molecule has 1 aliphatic carbocycles. The fourth-order valence-electron chi connectivity index (χ4n) is 2.16. The molecular weight excluding hydrogens is 278 g/mol. The molecule has 0 aliphatic heterocycles. The van der Waals surface area contributed by atoms with Crippen molar-refractivity contribution in [2.45, 2.75) is 38.0 Å². The van der Waals surface area contributed by atoms with Crippen molar-refractivity contribution in [3.8, 4) is 0 Å². The zero-order valence-electron chi connectivity index (χ0n) is 11.7. The lowest BCUT2D eigenvalue weighted by Gasteiger charge is -2.11. The molecule has 1 saturated carbocycles. The zero-order chi connectivity index (χ0) is 14.9. The van der Waals surface area contributed by atoms with Crippen molar-refractivity contribution in [3.63, 3.8) is 0 Å². The molecule has 2 rings (SSSR count). The molecule has 110 valence electrons. The Bertz CT molecular complexity index is 633. The van der Waals surface area contributed by atoms with Crippen LogP contribution in [0.4, 0.5) is 0 Å². The number of rotatable bonds is 5. The Morgan fingerprint density at radius 2 is 1.95 bits per heavy atom. The summed E-state index contributed by atoms with van der Waals surface area (Å²) in [7, 11) is -3.84. The Balaban J connectivity index is 2.19. The van der Waals surface area contributed by atoms with Crippen LogP contribution in [0.5, 0.6) is 0 Å². The maximum absolute atomic E-state index is 12.0. The van der Waals surface area contributed by atoms with E-state index in [1.165, 1.54) is 18.9 Å². The van der Waals surface area contributed by atoms with Crippen LogP contribution in [-0.2, 0) is 14.8 Å². The SMILES string of the molecule is Cc1cc(C)c(S(N)(=O)=O)cc1C(=O)OCCC1CC1. The third kappa shape index (κ3) is 3.58. The van der Waals surface area contributed by atoms with Gasteiger partial charge in [0.25, 0.3) is 0 Å². The van der Waals surface area contributed by atoms with Crippen LogP contribution in [0.1, 0.15) is 40.7 Å². The average Bonchev–Trinajstić information content (AvgIpc) is 3.11. The third-order valence-electron chi connectivity index (χ3n) is 3.50. The summed E-state index contributed by atoms with van der Waals surface area (Å²) in [6.07, 6.45) is 3.28. The topological polar surface area (TPSA) is 86.5 Å². The lowest BCUT2D eigenvalue weighted by Crippen LogP contribution is -2.16. The number of hydrogen-bond donors (Lipinski definition) is 1. The monoisotopic (exact) mass is 297 g/mol. The Kier molecular flexibility index (Phi) is 4.15. The highest BCUT2D eigenvalue weighted by molar-refractivity contribution is 7.89. The molecule has 0 atom stereocenters. The van der Waals surface area contributed by atoms with E-state index in [1.807, 2.05) is 0 Å². The number of hydrogen-bond acceptors (Lipinski definition) is 4. The van der Waals surface area contributed by atoms with Crippen molar-refractivity contribution in [2.24, 2.45) is 11.1 Å². The number of sulfonamides is 1. The quantitative estimate of drug-likeness (QED) is 0.841. The number of nitrogens with two attached hydrogens (primary N) is 1. The lowest BCUT2D eigenvalue weighted by atomic mass is 10.1. The molecular formula is C14H19NO4S. The van der Waals surface area contributed by atoms with Gasteiger partial charge in [-0.25, -0.2) is 18.4 Å². The second kappa shape index (κ2) is 5.54. The van der Waals surface area contributed by atoms with Gasteiger partial charge in [-0.1, -0.05) is 18.9 Å². The summed E-state index contributed by atoms with van der Waals surface area (Å²) in [5.74, 6) is 0.190. The summed E-state index contributed by atoms with van der Waals surface area (Å²) in [6, 6.07) is 2.94. The fraction of sp³-hybridized carbons (Fsp3) is 0.500. The van der Waals surface area contributed by atoms with E-state index in [-0.39, 0.29) is 10.5 Å². The molecule has 1 aliphatic rings. The molecule has 5 nitrogen and oxygen atoms in total. The first-order chi connectivity index (χ1) is 9.29. The van der Waals surface area contributed by atoms with E-state index in [2.05, 4.69) is 0 Å². The summed E-state index contributed by atoms with van der Waals surface area (Å²) < 4.78 is 28.1. The van der Waals surface area contributed by atoms with E-state index >= 15 is 0 Å². The fourth-order valence-corrected chi connectivity index (χ4v) is 2.95. The van der Waals surface area contributed by atoms with Gasteiger partial charge in [-0.2, -0.15) is 0 Å². The number of esters is 1. The predicted molar refractivity (Wildman–Crippen MR) is 74.9 cm³/mol. The number of carbonyl (C=O) groups excluding carboxylic acids is 1. The third-order valence-corrected chi connectivity index (χ3v) is 4.56. The highest BCUT2D eigenvalue weighted by atomic mass is 32.2. The molecule has 0 unspecified atom stereocenters. The van der Waals surface area contributed by atoms with E-state index in [1.54, 1.807) is 19.9 Å². The molecule has 1 fully saturated rings. The minimum Gasteiger partial charge on any atom is -0.462 e. The number of benzene rings is 1. The number of primary sulfonamides is 1. The Morgan fingerprint density at radius 3 is 2.50 bits per heavy atom. The van der Waals surface area contributed by atoms with E-state index in [0.717, 1.165) is 6.42 Å². The van der Waals surface area contributed by atoms with Crippen LogP contribution in [0.25, 0.3) is 0 Å². The van der Waals surface area contributed by atoms with Crippen molar-refractivity contribution < 1.29 is 17.9 Å². The molecule has 0 radical (unpaired) electrons. The van der Waals surface area contributed by atoms with Gasteiger partial charge in [0.15, 0.2) is 0 Å². The van der Waals surface area contributed by atoms with Gasteiger partial charge in [0.05, 0.1) is 17.1 Å². The van der Waals surface area contributed by atoms with E-state index in [4.69, 9.17) is 9.88 Å². The molecule has 1 aromatic carbocycles.